The third kappa shape index (κ3) is 4.70. The standard InChI is InChI=1S/C32H25ClN6O2S2/c1-3-42-31-34-28-26(29(40)37(31)22-10-6-4-7-11-22)27(20-14-16-21(33)17-15-20)38-24(18-43-32(38)35-28)25-19(2)36-39(30(25)41)23-12-8-5-9-13-23/h4-18,25,27H,3H2,1-2H3. The van der Waals surface area contributed by atoms with E-state index in [0.717, 1.165) is 22.7 Å². The summed E-state index contributed by atoms with van der Waals surface area (Å²) in [6.45, 7) is 3.89. The summed E-state index contributed by atoms with van der Waals surface area (Å²) in [5, 5.41) is 9.86. The predicted octanol–water partition coefficient (Wildman–Crippen LogP) is 7.02. The van der Waals surface area contributed by atoms with E-state index in [-0.39, 0.29) is 11.5 Å². The Morgan fingerprint density at radius 3 is 2.28 bits per heavy atom. The fraction of sp³-hybridized carbons (Fsp3) is 0.156. The number of halogens is 1. The number of hydrogen-bond donors (Lipinski definition) is 0. The first-order chi connectivity index (χ1) is 21.0. The molecule has 214 valence electrons. The molecule has 0 bridgehead atoms. The second kappa shape index (κ2) is 11.2. The third-order valence-electron chi connectivity index (χ3n) is 7.47. The van der Waals surface area contributed by atoms with Gasteiger partial charge in [-0.3, -0.25) is 14.2 Å². The van der Waals surface area contributed by atoms with Crippen LogP contribution >= 0.6 is 35.1 Å². The lowest BCUT2D eigenvalue weighted by Crippen LogP contribution is -2.42. The molecule has 2 unspecified atom stereocenters. The number of amidine groups is 1. The van der Waals surface area contributed by atoms with Gasteiger partial charge in [0.05, 0.1) is 28.7 Å². The van der Waals surface area contributed by atoms with Crippen LogP contribution in [0.25, 0.3) is 5.69 Å². The maximum Gasteiger partial charge on any atom is 0.266 e. The quantitative estimate of drug-likeness (QED) is 0.169. The summed E-state index contributed by atoms with van der Waals surface area (Å²) < 4.78 is 1.66. The van der Waals surface area contributed by atoms with Crippen LogP contribution in [0, 0.1) is 5.92 Å². The molecule has 3 aliphatic heterocycles. The van der Waals surface area contributed by atoms with Crippen molar-refractivity contribution in [2.24, 2.45) is 16.0 Å². The molecule has 0 spiro atoms. The van der Waals surface area contributed by atoms with Gasteiger partial charge in [-0.2, -0.15) is 10.1 Å². The van der Waals surface area contributed by atoms with E-state index in [1.165, 1.54) is 28.5 Å². The van der Waals surface area contributed by atoms with Crippen molar-refractivity contribution in [3.63, 3.8) is 0 Å². The number of aliphatic imine (C=N–C) groups is 1. The highest BCUT2D eigenvalue weighted by Gasteiger charge is 2.47. The molecule has 0 N–H and O–H groups in total. The molecule has 0 fully saturated rings. The van der Waals surface area contributed by atoms with E-state index in [4.69, 9.17) is 21.6 Å². The molecule has 43 heavy (non-hydrogen) atoms. The summed E-state index contributed by atoms with van der Waals surface area (Å²) in [4.78, 5) is 40.4. The first-order valence-electron chi connectivity index (χ1n) is 13.8. The highest BCUT2D eigenvalue weighted by atomic mass is 35.5. The van der Waals surface area contributed by atoms with Crippen LogP contribution in [0.1, 0.15) is 31.0 Å². The Morgan fingerprint density at radius 2 is 1.60 bits per heavy atom. The van der Waals surface area contributed by atoms with E-state index in [9.17, 15) is 9.59 Å². The topological polar surface area (TPSA) is 83.2 Å². The minimum Gasteiger partial charge on any atom is -0.311 e. The normalized spacial score (nSPS) is 19.1. The Morgan fingerprint density at radius 1 is 0.930 bits per heavy atom. The number of carbonyl (C=O) groups is 1. The maximum absolute atomic E-state index is 14.6. The van der Waals surface area contributed by atoms with Crippen molar-refractivity contribution in [2.75, 3.05) is 10.8 Å². The molecule has 0 saturated carbocycles. The van der Waals surface area contributed by atoms with Gasteiger partial charge in [-0.25, -0.2) is 9.98 Å². The third-order valence-corrected chi connectivity index (χ3v) is 9.40. The van der Waals surface area contributed by atoms with Crippen LogP contribution in [-0.2, 0) is 4.79 Å². The molecule has 0 saturated heterocycles. The van der Waals surface area contributed by atoms with Crippen molar-refractivity contribution in [1.29, 1.82) is 0 Å². The monoisotopic (exact) mass is 624 g/mol. The summed E-state index contributed by atoms with van der Waals surface area (Å²) >= 11 is 9.21. The average molecular weight is 625 g/mol. The summed E-state index contributed by atoms with van der Waals surface area (Å²) in [7, 11) is 0. The van der Waals surface area contributed by atoms with Gasteiger partial charge < -0.3 is 4.90 Å². The number of thioether (sulfide) groups is 2. The predicted molar refractivity (Wildman–Crippen MR) is 175 cm³/mol. The van der Waals surface area contributed by atoms with Gasteiger partial charge in [-0.1, -0.05) is 90.6 Å². The zero-order chi connectivity index (χ0) is 29.7. The van der Waals surface area contributed by atoms with E-state index < -0.39 is 12.0 Å². The van der Waals surface area contributed by atoms with Crippen LogP contribution in [0.4, 0.5) is 11.5 Å². The maximum atomic E-state index is 14.6. The minimum absolute atomic E-state index is 0.160. The zero-order valence-corrected chi connectivity index (χ0v) is 25.6. The van der Waals surface area contributed by atoms with Crippen LogP contribution < -0.4 is 10.6 Å². The fourth-order valence-corrected chi connectivity index (χ4v) is 7.38. The van der Waals surface area contributed by atoms with E-state index in [2.05, 4.69) is 5.10 Å². The minimum atomic E-state index is -0.643. The van der Waals surface area contributed by atoms with Crippen molar-refractivity contribution in [3.8, 4) is 5.69 Å². The number of anilines is 1. The number of carbonyl (C=O) groups excluding carboxylic acids is 1. The number of rotatable bonds is 6. The van der Waals surface area contributed by atoms with Gasteiger partial charge in [-0.15, -0.1) is 0 Å². The SMILES string of the molecule is CCSc1nc2c(c(=O)n1-c1ccccc1)C(c1ccc(Cl)cc1)N1C(C3C(=O)N(c4ccccc4)N=C3C)=CSC1=N2. The van der Waals surface area contributed by atoms with Gasteiger partial charge in [0, 0.05) is 10.7 Å². The van der Waals surface area contributed by atoms with Gasteiger partial charge in [0.15, 0.2) is 16.1 Å². The van der Waals surface area contributed by atoms with Crippen molar-refractivity contribution in [2.45, 2.75) is 25.0 Å². The van der Waals surface area contributed by atoms with Crippen molar-refractivity contribution < 1.29 is 4.79 Å². The van der Waals surface area contributed by atoms with Crippen LogP contribution in [0.15, 0.2) is 116 Å². The van der Waals surface area contributed by atoms with E-state index >= 15 is 0 Å². The first kappa shape index (κ1) is 27.7. The molecule has 8 nitrogen and oxygen atoms in total. The van der Waals surface area contributed by atoms with Gasteiger partial charge in [0.25, 0.3) is 11.5 Å². The number of aromatic nitrogens is 2. The number of hydrazone groups is 1. The zero-order valence-electron chi connectivity index (χ0n) is 23.2. The lowest BCUT2D eigenvalue weighted by Gasteiger charge is -2.37. The molecule has 0 aliphatic carbocycles. The largest absolute Gasteiger partial charge is 0.311 e. The second-order valence-corrected chi connectivity index (χ2v) is 12.6. The number of amides is 1. The summed E-state index contributed by atoms with van der Waals surface area (Å²) in [6, 6.07) is 25.7. The molecule has 7 rings (SSSR count). The number of fused-ring (bicyclic) bond motifs is 2. The van der Waals surface area contributed by atoms with Crippen LogP contribution in [0.3, 0.4) is 0 Å². The highest BCUT2D eigenvalue weighted by molar-refractivity contribution is 8.16. The summed E-state index contributed by atoms with van der Waals surface area (Å²) in [6.07, 6.45) is 0. The van der Waals surface area contributed by atoms with Crippen LogP contribution in [0.2, 0.25) is 5.02 Å². The Labute approximate surface area is 261 Å². The molecule has 11 heteroatoms. The molecule has 4 heterocycles. The van der Waals surface area contributed by atoms with Crippen molar-refractivity contribution >= 4 is 63.4 Å². The molecule has 1 aromatic heterocycles. The smallest absolute Gasteiger partial charge is 0.266 e. The average Bonchev–Trinajstić information content (AvgIpc) is 3.56. The van der Waals surface area contributed by atoms with E-state index in [0.29, 0.717) is 38.1 Å². The fourth-order valence-electron chi connectivity index (χ4n) is 5.58. The van der Waals surface area contributed by atoms with Crippen molar-refractivity contribution in [1.82, 2.24) is 14.5 Å². The van der Waals surface area contributed by atoms with Gasteiger partial charge >= 0.3 is 0 Å². The number of benzene rings is 3. The molecular weight excluding hydrogens is 600 g/mol. The van der Waals surface area contributed by atoms with Crippen LogP contribution in [0.5, 0.6) is 0 Å². The molecular formula is C32H25ClN6O2S2. The van der Waals surface area contributed by atoms with E-state index in [1.807, 2.05) is 109 Å². The molecule has 0 radical (unpaired) electrons. The Bertz CT molecular complexity index is 1890. The second-order valence-electron chi connectivity index (χ2n) is 10.1. The molecule has 4 aromatic rings. The van der Waals surface area contributed by atoms with Gasteiger partial charge in [0.1, 0.15) is 5.92 Å². The first-order valence-corrected chi connectivity index (χ1v) is 16.0. The van der Waals surface area contributed by atoms with Crippen molar-refractivity contribution in [3.05, 3.63) is 123 Å². The van der Waals surface area contributed by atoms with E-state index in [1.54, 1.807) is 4.57 Å². The Balaban J connectivity index is 1.40. The molecule has 3 aliphatic rings. The lowest BCUT2D eigenvalue weighted by molar-refractivity contribution is -0.119. The number of nitrogens with zero attached hydrogens (tertiary/aromatic N) is 6. The van der Waals surface area contributed by atoms with Gasteiger partial charge in [-0.05, 0) is 60.0 Å². The summed E-state index contributed by atoms with van der Waals surface area (Å²) in [5.41, 5.74) is 3.87. The molecule has 2 atom stereocenters. The van der Waals surface area contributed by atoms with Gasteiger partial charge in [0.2, 0.25) is 0 Å². The number of hydrogen-bond acceptors (Lipinski definition) is 8. The highest BCUT2D eigenvalue weighted by Crippen LogP contribution is 2.48. The molecule has 3 aromatic carbocycles. The number of para-hydroxylation sites is 2. The van der Waals surface area contributed by atoms with Crippen LogP contribution in [-0.4, -0.2) is 37.0 Å². The Hall–Kier alpha value is -4.12. The molecule has 1 amide bonds. The lowest BCUT2D eigenvalue weighted by atomic mass is 9.93. The Kier molecular flexibility index (Phi) is 7.20. The summed E-state index contributed by atoms with van der Waals surface area (Å²) in [5.74, 6) is 0.320.